The van der Waals surface area contributed by atoms with Crippen molar-refractivity contribution >= 4 is 23.1 Å². The van der Waals surface area contributed by atoms with Crippen LogP contribution in [0.5, 0.6) is 5.88 Å². The molecule has 0 bridgehead atoms. The summed E-state index contributed by atoms with van der Waals surface area (Å²) in [7, 11) is 1.35. The fraction of sp³-hybridized carbons (Fsp3) is 0.407. The third-order valence-electron chi connectivity index (χ3n) is 7.68. The predicted octanol–water partition coefficient (Wildman–Crippen LogP) is 2.26. The Hall–Kier alpha value is -4.69. The minimum Gasteiger partial charge on any atom is -0.480 e. The number of ether oxygens (including phenoxy) is 1. The van der Waals surface area contributed by atoms with E-state index in [1.807, 2.05) is 23.8 Å². The number of likely N-dealkylation sites (tertiary alicyclic amines) is 1. The number of nitrogens with two attached hydrogens (primary N) is 1. The summed E-state index contributed by atoms with van der Waals surface area (Å²) < 4.78 is 50.2. The Morgan fingerprint density at radius 1 is 1.19 bits per heavy atom. The number of nitrogen functional groups attached to an aromatic ring is 1. The van der Waals surface area contributed by atoms with E-state index in [4.69, 9.17) is 10.5 Å². The number of rotatable bonds is 7. The summed E-state index contributed by atoms with van der Waals surface area (Å²) in [5.74, 6) is -4.60. The van der Waals surface area contributed by atoms with E-state index in [1.165, 1.54) is 24.5 Å². The maximum Gasteiger partial charge on any atom is 0.257 e. The standard InChI is InChI=1S/C27H28F3N9O3/c1-14-8-37(13-34-14)9-16-4-21(39-22(16)23(31)33-12-35-39)15-3-18(25(42-2)32-7-15)24(40)36-20-11-38(10-19(20)28)26(41)17-5-27(29,30)6-17/h3-4,7-8,12-13,17,19-20H,5-6,9-11H2,1-2H3,(H,36,40)(H2,31,33,35)/t19-,20+/m0/s1. The van der Waals surface area contributed by atoms with Crippen molar-refractivity contribution in [1.29, 1.82) is 0 Å². The molecular formula is C27H28F3N9O3. The van der Waals surface area contributed by atoms with Crippen molar-refractivity contribution in [3.63, 3.8) is 0 Å². The van der Waals surface area contributed by atoms with Crippen LogP contribution >= 0.6 is 0 Å². The van der Waals surface area contributed by atoms with E-state index >= 15 is 0 Å². The zero-order valence-corrected chi connectivity index (χ0v) is 22.8. The molecule has 1 saturated carbocycles. The van der Waals surface area contributed by atoms with Crippen molar-refractivity contribution in [2.45, 2.75) is 44.4 Å². The minimum atomic E-state index is -2.86. The number of aryl methyl sites for hydroxylation is 1. The van der Waals surface area contributed by atoms with E-state index in [9.17, 15) is 22.8 Å². The molecule has 0 unspecified atom stereocenters. The van der Waals surface area contributed by atoms with Crippen molar-refractivity contribution in [3.8, 4) is 17.1 Å². The first kappa shape index (κ1) is 27.5. The smallest absolute Gasteiger partial charge is 0.257 e. The molecular weight excluding hydrogens is 555 g/mol. The molecule has 12 nitrogen and oxygen atoms in total. The summed E-state index contributed by atoms with van der Waals surface area (Å²) in [4.78, 5) is 39.8. The number of carbonyl (C=O) groups is 2. The largest absolute Gasteiger partial charge is 0.480 e. The van der Waals surface area contributed by atoms with Crippen LogP contribution in [0.4, 0.5) is 19.0 Å². The zero-order valence-electron chi connectivity index (χ0n) is 22.8. The molecule has 15 heteroatoms. The van der Waals surface area contributed by atoms with Gasteiger partial charge in [-0.25, -0.2) is 32.6 Å². The number of methoxy groups -OCH3 is 1. The van der Waals surface area contributed by atoms with Gasteiger partial charge in [-0.3, -0.25) is 9.59 Å². The van der Waals surface area contributed by atoms with Crippen LogP contribution in [0.2, 0.25) is 0 Å². The summed E-state index contributed by atoms with van der Waals surface area (Å²) in [5, 5.41) is 6.99. The molecule has 1 saturated heterocycles. The van der Waals surface area contributed by atoms with Gasteiger partial charge in [0.1, 0.15) is 23.6 Å². The maximum atomic E-state index is 14.9. The number of carbonyl (C=O) groups excluding carboxylic acids is 2. The fourth-order valence-corrected chi connectivity index (χ4v) is 5.56. The highest BCUT2D eigenvalue weighted by molar-refractivity contribution is 5.98. The normalized spacial score (nSPS) is 20.1. The number of hydrogen-bond donors (Lipinski definition) is 2. The Labute approximate surface area is 237 Å². The quantitative estimate of drug-likeness (QED) is 0.337. The van der Waals surface area contributed by atoms with Crippen LogP contribution < -0.4 is 15.8 Å². The lowest BCUT2D eigenvalue weighted by Gasteiger charge is -2.36. The number of aromatic nitrogens is 6. The molecule has 220 valence electrons. The number of halogens is 3. The number of fused-ring (bicyclic) bond motifs is 1. The third kappa shape index (κ3) is 4.99. The number of anilines is 1. The average molecular weight is 584 g/mol. The van der Waals surface area contributed by atoms with Crippen LogP contribution in [0.25, 0.3) is 16.8 Å². The number of amides is 2. The third-order valence-corrected chi connectivity index (χ3v) is 7.68. The molecule has 42 heavy (non-hydrogen) atoms. The molecule has 1 aliphatic heterocycles. The second-order valence-electron chi connectivity index (χ2n) is 10.7. The lowest BCUT2D eigenvalue weighted by Crippen LogP contribution is -2.47. The Balaban J connectivity index is 1.26. The molecule has 1 aliphatic carbocycles. The van der Waals surface area contributed by atoms with E-state index in [1.54, 1.807) is 16.9 Å². The van der Waals surface area contributed by atoms with Gasteiger partial charge in [0.15, 0.2) is 5.82 Å². The molecule has 4 aromatic rings. The Bertz CT molecular complexity index is 1680. The van der Waals surface area contributed by atoms with Crippen molar-refractivity contribution in [1.82, 2.24) is 39.3 Å². The van der Waals surface area contributed by atoms with Crippen molar-refractivity contribution in [2.75, 3.05) is 25.9 Å². The second-order valence-corrected chi connectivity index (χ2v) is 10.7. The molecule has 3 N–H and O–H groups in total. The molecule has 6 rings (SSSR count). The number of alkyl halides is 3. The molecule has 0 radical (unpaired) electrons. The van der Waals surface area contributed by atoms with Gasteiger partial charge in [-0.2, -0.15) is 5.10 Å². The van der Waals surface area contributed by atoms with Gasteiger partial charge < -0.3 is 25.3 Å². The van der Waals surface area contributed by atoms with Crippen LogP contribution in [-0.4, -0.2) is 84.2 Å². The average Bonchev–Trinajstić information content (AvgIpc) is 3.64. The molecule has 0 spiro atoms. The zero-order chi connectivity index (χ0) is 29.8. The number of hydrogen-bond acceptors (Lipinski definition) is 8. The molecule has 2 fully saturated rings. The highest BCUT2D eigenvalue weighted by Crippen LogP contribution is 2.43. The summed E-state index contributed by atoms with van der Waals surface area (Å²) in [6, 6.07) is 2.39. The lowest BCUT2D eigenvalue weighted by molar-refractivity contribution is -0.159. The fourth-order valence-electron chi connectivity index (χ4n) is 5.56. The van der Waals surface area contributed by atoms with Gasteiger partial charge in [0.2, 0.25) is 17.7 Å². The summed E-state index contributed by atoms with van der Waals surface area (Å²) in [6.45, 7) is 1.91. The Kier molecular flexibility index (Phi) is 6.74. The summed E-state index contributed by atoms with van der Waals surface area (Å²) in [5.41, 5.74) is 9.58. The van der Waals surface area contributed by atoms with Crippen LogP contribution in [0.3, 0.4) is 0 Å². The minimum absolute atomic E-state index is 0.0124. The van der Waals surface area contributed by atoms with Crippen LogP contribution in [0, 0.1) is 12.8 Å². The Morgan fingerprint density at radius 3 is 2.67 bits per heavy atom. The predicted molar refractivity (Wildman–Crippen MR) is 144 cm³/mol. The summed E-state index contributed by atoms with van der Waals surface area (Å²) >= 11 is 0. The topological polar surface area (TPSA) is 146 Å². The van der Waals surface area contributed by atoms with Crippen molar-refractivity contribution in [2.24, 2.45) is 5.92 Å². The number of nitrogens with one attached hydrogen (secondary N) is 1. The first-order valence-corrected chi connectivity index (χ1v) is 13.3. The highest BCUT2D eigenvalue weighted by Gasteiger charge is 2.51. The van der Waals surface area contributed by atoms with E-state index in [2.05, 4.69) is 25.4 Å². The Morgan fingerprint density at radius 2 is 1.98 bits per heavy atom. The summed E-state index contributed by atoms with van der Waals surface area (Å²) in [6.07, 6.45) is 3.78. The molecule has 2 amide bonds. The first-order chi connectivity index (χ1) is 20.0. The molecule has 4 aromatic heterocycles. The van der Waals surface area contributed by atoms with Gasteiger partial charge in [0.05, 0.1) is 44.0 Å². The van der Waals surface area contributed by atoms with Crippen molar-refractivity contribution in [3.05, 3.63) is 54.0 Å². The van der Waals surface area contributed by atoms with Gasteiger partial charge in [-0.1, -0.05) is 0 Å². The molecule has 0 aromatic carbocycles. The molecule has 2 atom stereocenters. The van der Waals surface area contributed by atoms with E-state index in [-0.39, 0.29) is 30.4 Å². The van der Waals surface area contributed by atoms with Gasteiger partial charge in [-0.05, 0) is 19.1 Å². The second kappa shape index (κ2) is 10.3. The maximum absolute atomic E-state index is 14.9. The number of imidazole rings is 1. The first-order valence-electron chi connectivity index (χ1n) is 13.3. The van der Waals surface area contributed by atoms with Gasteiger partial charge >= 0.3 is 0 Å². The van der Waals surface area contributed by atoms with Crippen LogP contribution in [0.15, 0.2) is 37.2 Å². The highest BCUT2D eigenvalue weighted by atomic mass is 19.3. The number of pyridine rings is 1. The molecule has 5 heterocycles. The van der Waals surface area contributed by atoms with Crippen molar-refractivity contribution < 1.29 is 27.5 Å². The molecule has 2 aliphatic rings. The van der Waals surface area contributed by atoms with Crippen LogP contribution in [0.1, 0.15) is 34.5 Å². The van der Waals surface area contributed by atoms with Crippen LogP contribution in [-0.2, 0) is 11.3 Å². The number of nitrogens with zero attached hydrogens (tertiary/aromatic N) is 7. The lowest BCUT2D eigenvalue weighted by atomic mass is 9.80. The SMILES string of the molecule is COc1ncc(-c2cc(Cn3cnc(C)c3)c3c(N)ncnn23)cc1C(=O)N[C@@H]1CN(C(=O)C2CC(F)(F)C2)C[C@@H]1F. The van der Waals surface area contributed by atoms with E-state index in [0.717, 1.165) is 11.3 Å². The van der Waals surface area contributed by atoms with Gasteiger partial charge in [-0.15, -0.1) is 0 Å². The van der Waals surface area contributed by atoms with Gasteiger partial charge in [0, 0.05) is 48.8 Å². The van der Waals surface area contributed by atoms with E-state index in [0.29, 0.717) is 23.3 Å². The van der Waals surface area contributed by atoms with E-state index < -0.39 is 48.7 Å². The monoisotopic (exact) mass is 583 g/mol. The van der Waals surface area contributed by atoms with Gasteiger partial charge in [0.25, 0.3) is 5.91 Å².